The van der Waals surface area contributed by atoms with Gasteiger partial charge >= 0.3 is 0 Å². The molecule has 1 aromatic carbocycles. The first-order valence-corrected chi connectivity index (χ1v) is 10.4. The average Bonchev–Trinajstić information content (AvgIpc) is 3.14. The average molecular weight is 421 g/mol. The van der Waals surface area contributed by atoms with E-state index < -0.39 is 0 Å². The maximum absolute atomic E-state index is 10.6. The van der Waals surface area contributed by atoms with Crippen molar-refractivity contribution in [2.45, 2.75) is 38.8 Å². The highest BCUT2D eigenvalue weighted by molar-refractivity contribution is 5.74. The molecule has 8 heteroatoms. The van der Waals surface area contributed by atoms with Gasteiger partial charge in [-0.15, -0.1) is 15.3 Å². The number of methoxy groups -OCH3 is 1. The van der Waals surface area contributed by atoms with Gasteiger partial charge in [0.1, 0.15) is 5.75 Å². The molecular weight excluding hydrogens is 392 g/mol. The Morgan fingerprint density at radius 1 is 1.10 bits per heavy atom. The molecule has 1 fully saturated rings. The van der Waals surface area contributed by atoms with E-state index in [-0.39, 0.29) is 11.3 Å². The summed E-state index contributed by atoms with van der Waals surface area (Å²) in [6, 6.07) is 11.5. The molecule has 0 spiro atoms. The first-order valence-electron chi connectivity index (χ1n) is 10.4. The highest BCUT2D eigenvalue weighted by atomic mass is 16.5. The summed E-state index contributed by atoms with van der Waals surface area (Å²) in [5, 5.41) is 30.9. The molecule has 3 heterocycles. The van der Waals surface area contributed by atoms with Gasteiger partial charge < -0.3 is 20.1 Å². The Labute approximate surface area is 182 Å². The SMILES string of the molecule is COc1cc(-c2ccc(-c3ccc(N4CCC(C)(NC(C)C)C4)nn3)c(O)c2)cnn1. The number of hydrogen-bond donors (Lipinski definition) is 2. The largest absolute Gasteiger partial charge is 0.507 e. The van der Waals surface area contributed by atoms with Crippen molar-refractivity contribution in [3.05, 3.63) is 42.6 Å². The van der Waals surface area contributed by atoms with Gasteiger partial charge in [-0.3, -0.25) is 0 Å². The Hall–Kier alpha value is -3.26. The van der Waals surface area contributed by atoms with Crippen molar-refractivity contribution >= 4 is 5.82 Å². The number of nitrogens with one attached hydrogen (secondary N) is 1. The van der Waals surface area contributed by atoms with Gasteiger partial charge in [-0.1, -0.05) is 19.9 Å². The molecule has 1 atom stereocenters. The van der Waals surface area contributed by atoms with Gasteiger partial charge in [-0.25, -0.2) is 0 Å². The Morgan fingerprint density at radius 3 is 2.61 bits per heavy atom. The van der Waals surface area contributed by atoms with E-state index in [4.69, 9.17) is 4.74 Å². The monoisotopic (exact) mass is 420 g/mol. The number of anilines is 1. The smallest absolute Gasteiger partial charge is 0.233 e. The van der Waals surface area contributed by atoms with Crippen LogP contribution >= 0.6 is 0 Å². The summed E-state index contributed by atoms with van der Waals surface area (Å²) in [5.41, 5.74) is 2.95. The summed E-state index contributed by atoms with van der Waals surface area (Å²) in [4.78, 5) is 2.25. The fourth-order valence-corrected chi connectivity index (χ4v) is 4.14. The van der Waals surface area contributed by atoms with Crippen LogP contribution in [0.25, 0.3) is 22.4 Å². The van der Waals surface area contributed by atoms with Crippen LogP contribution in [-0.4, -0.2) is 57.3 Å². The third-order valence-corrected chi connectivity index (χ3v) is 5.53. The second-order valence-electron chi connectivity index (χ2n) is 8.53. The number of phenolic OH excluding ortho intramolecular Hbond substituents is 1. The van der Waals surface area contributed by atoms with Crippen LogP contribution in [0.1, 0.15) is 27.2 Å². The van der Waals surface area contributed by atoms with Gasteiger partial charge in [0.05, 0.1) is 19.0 Å². The standard InChI is InChI=1S/C23H28N6O2/c1-15(2)25-23(3)9-10-29(14-23)21-8-7-19(26-27-21)18-6-5-16(11-20(18)30)17-12-22(31-4)28-24-13-17/h5-8,11-13,15,25,30H,9-10,14H2,1-4H3. The van der Waals surface area contributed by atoms with Crippen molar-refractivity contribution in [2.24, 2.45) is 0 Å². The van der Waals surface area contributed by atoms with Crippen LogP contribution in [0.4, 0.5) is 5.82 Å². The van der Waals surface area contributed by atoms with E-state index in [1.807, 2.05) is 24.3 Å². The number of aromatic nitrogens is 4. The Kier molecular flexibility index (Phi) is 5.73. The zero-order chi connectivity index (χ0) is 22.0. The van der Waals surface area contributed by atoms with E-state index in [1.165, 1.54) is 0 Å². The number of aromatic hydroxyl groups is 1. The van der Waals surface area contributed by atoms with E-state index in [9.17, 15) is 5.11 Å². The predicted octanol–water partition coefficient (Wildman–Crippen LogP) is 3.28. The molecule has 0 amide bonds. The predicted molar refractivity (Wildman–Crippen MR) is 120 cm³/mol. The van der Waals surface area contributed by atoms with Crippen molar-refractivity contribution in [3.8, 4) is 34.0 Å². The van der Waals surface area contributed by atoms with E-state index in [0.717, 1.165) is 36.5 Å². The molecule has 162 valence electrons. The molecule has 4 rings (SSSR count). The van der Waals surface area contributed by atoms with Crippen LogP contribution in [0.15, 0.2) is 42.6 Å². The summed E-state index contributed by atoms with van der Waals surface area (Å²) in [7, 11) is 1.54. The lowest BCUT2D eigenvalue weighted by molar-refractivity contribution is 0.357. The maximum atomic E-state index is 10.6. The summed E-state index contributed by atoms with van der Waals surface area (Å²) in [6.07, 6.45) is 2.69. The Bertz CT molecular complexity index is 1060. The molecule has 2 aromatic heterocycles. The van der Waals surface area contributed by atoms with Gasteiger partial charge in [-0.2, -0.15) is 5.10 Å². The number of benzene rings is 1. The van der Waals surface area contributed by atoms with E-state index in [0.29, 0.717) is 23.2 Å². The molecule has 0 saturated carbocycles. The molecule has 1 aliphatic rings. The molecule has 1 unspecified atom stereocenters. The van der Waals surface area contributed by atoms with E-state index in [2.05, 4.69) is 51.4 Å². The maximum Gasteiger partial charge on any atom is 0.233 e. The van der Waals surface area contributed by atoms with Gasteiger partial charge in [-0.05, 0) is 43.2 Å². The number of rotatable bonds is 6. The summed E-state index contributed by atoms with van der Waals surface area (Å²) >= 11 is 0. The Balaban J connectivity index is 1.52. The molecule has 0 bridgehead atoms. The summed E-state index contributed by atoms with van der Waals surface area (Å²) in [5.74, 6) is 1.40. The fourth-order valence-electron chi connectivity index (χ4n) is 4.14. The highest BCUT2D eigenvalue weighted by Crippen LogP contribution is 2.33. The lowest BCUT2D eigenvalue weighted by Gasteiger charge is -2.28. The second kappa shape index (κ2) is 8.47. The summed E-state index contributed by atoms with van der Waals surface area (Å²) < 4.78 is 5.12. The molecule has 1 aliphatic heterocycles. The van der Waals surface area contributed by atoms with Gasteiger partial charge in [0.15, 0.2) is 5.82 Å². The molecule has 0 aliphatic carbocycles. The van der Waals surface area contributed by atoms with Gasteiger partial charge in [0.25, 0.3) is 0 Å². The number of ether oxygens (including phenoxy) is 1. The third kappa shape index (κ3) is 4.59. The first kappa shape index (κ1) is 21.0. The van der Waals surface area contributed by atoms with Crippen LogP contribution in [0.3, 0.4) is 0 Å². The molecule has 2 N–H and O–H groups in total. The number of hydrogen-bond acceptors (Lipinski definition) is 8. The first-order chi connectivity index (χ1) is 14.9. The second-order valence-corrected chi connectivity index (χ2v) is 8.53. The lowest BCUT2D eigenvalue weighted by atomic mass is 10.0. The Morgan fingerprint density at radius 2 is 1.94 bits per heavy atom. The van der Waals surface area contributed by atoms with Crippen molar-refractivity contribution in [1.82, 2.24) is 25.7 Å². The van der Waals surface area contributed by atoms with Crippen molar-refractivity contribution in [3.63, 3.8) is 0 Å². The topological polar surface area (TPSA) is 96.3 Å². The van der Waals surface area contributed by atoms with Crippen molar-refractivity contribution in [1.29, 1.82) is 0 Å². The van der Waals surface area contributed by atoms with Crippen LogP contribution in [-0.2, 0) is 0 Å². The van der Waals surface area contributed by atoms with Gasteiger partial charge in [0.2, 0.25) is 5.88 Å². The molecular formula is C23H28N6O2. The molecule has 1 saturated heterocycles. The highest BCUT2D eigenvalue weighted by Gasteiger charge is 2.34. The van der Waals surface area contributed by atoms with Crippen LogP contribution in [0.2, 0.25) is 0 Å². The van der Waals surface area contributed by atoms with E-state index >= 15 is 0 Å². The zero-order valence-electron chi connectivity index (χ0n) is 18.3. The minimum Gasteiger partial charge on any atom is -0.507 e. The normalized spacial score (nSPS) is 18.5. The molecule has 3 aromatic rings. The van der Waals surface area contributed by atoms with Crippen molar-refractivity contribution in [2.75, 3.05) is 25.1 Å². The van der Waals surface area contributed by atoms with Crippen molar-refractivity contribution < 1.29 is 9.84 Å². The van der Waals surface area contributed by atoms with Crippen LogP contribution in [0, 0.1) is 0 Å². The fraction of sp³-hybridized carbons (Fsp3) is 0.391. The quantitative estimate of drug-likeness (QED) is 0.627. The number of nitrogens with zero attached hydrogens (tertiary/aromatic N) is 5. The van der Waals surface area contributed by atoms with Gasteiger partial charge in [0, 0.05) is 41.9 Å². The van der Waals surface area contributed by atoms with E-state index in [1.54, 1.807) is 25.4 Å². The third-order valence-electron chi connectivity index (χ3n) is 5.53. The minimum absolute atomic E-state index is 0.0765. The number of phenols is 1. The lowest BCUT2D eigenvalue weighted by Crippen LogP contribution is -2.48. The molecule has 31 heavy (non-hydrogen) atoms. The zero-order valence-corrected chi connectivity index (χ0v) is 18.3. The molecule has 0 radical (unpaired) electrons. The van der Waals surface area contributed by atoms with Crippen LogP contribution < -0.4 is 15.0 Å². The minimum atomic E-state index is 0.0765. The molecule has 8 nitrogen and oxygen atoms in total. The van der Waals surface area contributed by atoms with Crippen LogP contribution in [0.5, 0.6) is 11.6 Å². The summed E-state index contributed by atoms with van der Waals surface area (Å²) in [6.45, 7) is 8.42.